The number of pyridine rings is 1. The molecule has 0 fully saturated rings. The van der Waals surface area contributed by atoms with Crippen LogP contribution in [0, 0.1) is 0 Å². The lowest BCUT2D eigenvalue weighted by atomic mass is 10.3. The summed E-state index contributed by atoms with van der Waals surface area (Å²) in [6.45, 7) is 7.52. The highest BCUT2D eigenvalue weighted by molar-refractivity contribution is 5.66. The fourth-order valence-electron chi connectivity index (χ4n) is 1.24. The third-order valence-electron chi connectivity index (χ3n) is 1.90. The fraction of sp³-hybridized carbons (Fsp3) is 0.300. The van der Waals surface area contributed by atoms with Gasteiger partial charge in [-0.25, -0.2) is 0 Å². The van der Waals surface area contributed by atoms with Crippen LogP contribution in [0.15, 0.2) is 31.1 Å². The number of nitrogens with two attached hydrogens (primary N) is 1. The van der Waals surface area contributed by atoms with E-state index in [9.17, 15) is 0 Å². The Hall–Kier alpha value is -1.51. The van der Waals surface area contributed by atoms with Gasteiger partial charge in [-0.1, -0.05) is 6.08 Å². The van der Waals surface area contributed by atoms with E-state index in [0.29, 0.717) is 5.69 Å². The molecule has 13 heavy (non-hydrogen) atoms. The predicted octanol–water partition coefficient (Wildman–Crippen LogP) is 1.68. The number of aromatic nitrogens is 1. The quantitative estimate of drug-likeness (QED) is 0.711. The highest BCUT2D eigenvalue weighted by Crippen LogP contribution is 2.20. The molecule has 3 heteroatoms. The Morgan fingerprint density at radius 2 is 2.46 bits per heavy atom. The van der Waals surface area contributed by atoms with Crippen LogP contribution in [-0.4, -0.2) is 18.1 Å². The van der Waals surface area contributed by atoms with Crippen molar-refractivity contribution >= 4 is 11.4 Å². The number of nitrogens with zero attached hydrogens (tertiary/aromatic N) is 2. The van der Waals surface area contributed by atoms with Gasteiger partial charge in [0, 0.05) is 19.3 Å². The maximum atomic E-state index is 5.79. The minimum atomic E-state index is 0.714. The molecule has 0 bridgehead atoms. The first-order valence-corrected chi connectivity index (χ1v) is 4.35. The van der Waals surface area contributed by atoms with Gasteiger partial charge in [0.05, 0.1) is 17.6 Å². The number of likely N-dealkylation sites (N-methyl/N-ethyl adjacent to an activating group) is 1. The average Bonchev–Trinajstić information content (AvgIpc) is 2.16. The molecule has 0 saturated carbocycles. The summed E-state index contributed by atoms with van der Waals surface area (Å²) >= 11 is 0. The molecular formula is C10H15N3. The van der Waals surface area contributed by atoms with Crippen molar-refractivity contribution in [3.63, 3.8) is 0 Å². The number of hydrogen-bond donors (Lipinski definition) is 1. The summed E-state index contributed by atoms with van der Waals surface area (Å²) in [6.07, 6.45) is 5.28. The van der Waals surface area contributed by atoms with E-state index in [2.05, 4.69) is 23.4 Å². The SMILES string of the molecule is C=CCN(CC)c1ccncc1N. The van der Waals surface area contributed by atoms with Crippen molar-refractivity contribution < 1.29 is 0 Å². The summed E-state index contributed by atoms with van der Waals surface area (Å²) in [5.41, 5.74) is 7.53. The molecule has 1 aromatic rings. The maximum absolute atomic E-state index is 5.79. The second kappa shape index (κ2) is 4.50. The van der Waals surface area contributed by atoms with E-state index in [1.165, 1.54) is 0 Å². The lowest BCUT2D eigenvalue weighted by Gasteiger charge is -2.22. The van der Waals surface area contributed by atoms with E-state index >= 15 is 0 Å². The van der Waals surface area contributed by atoms with Gasteiger partial charge in [0.25, 0.3) is 0 Å². The van der Waals surface area contributed by atoms with Crippen LogP contribution in [0.4, 0.5) is 11.4 Å². The predicted molar refractivity (Wildman–Crippen MR) is 56.7 cm³/mol. The first kappa shape index (κ1) is 9.58. The molecule has 0 saturated heterocycles. The summed E-state index contributed by atoms with van der Waals surface area (Å²) in [5.74, 6) is 0. The summed E-state index contributed by atoms with van der Waals surface area (Å²) < 4.78 is 0. The van der Waals surface area contributed by atoms with E-state index < -0.39 is 0 Å². The molecule has 0 unspecified atom stereocenters. The van der Waals surface area contributed by atoms with Crippen molar-refractivity contribution in [3.05, 3.63) is 31.1 Å². The Morgan fingerprint density at radius 1 is 1.69 bits per heavy atom. The van der Waals surface area contributed by atoms with Crippen LogP contribution in [0.5, 0.6) is 0 Å². The summed E-state index contributed by atoms with van der Waals surface area (Å²) in [4.78, 5) is 6.09. The van der Waals surface area contributed by atoms with E-state index in [1.54, 1.807) is 12.4 Å². The number of nitrogen functional groups attached to an aromatic ring is 1. The van der Waals surface area contributed by atoms with Gasteiger partial charge in [-0.05, 0) is 13.0 Å². The maximum Gasteiger partial charge on any atom is 0.0738 e. The molecule has 0 atom stereocenters. The van der Waals surface area contributed by atoms with Crippen LogP contribution in [0.2, 0.25) is 0 Å². The van der Waals surface area contributed by atoms with E-state index in [4.69, 9.17) is 5.73 Å². The Balaban J connectivity index is 2.90. The average molecular weight is 177 g/mol. The normalized spacial score (nSPS) is 9.62. The molecule has 0 aliphatic heterocycles. The minimum absolute atomic E-state index is 0.714. The second-order valence-electron chi connectivity index (χ2n) is 2.76. The highest BCUT2D eigenvalue weighted by Gasteiger charge is 2.04. The standard InChI is InChI=1S/C10H15N3/c1-3-7-13(4-2)10-5-6-12-8-9(10)11/h3,5-6,8H,1,4,7,11H2,2H3. The van der Waals surface area contributed by atoms with Crippen molar-refractivity contribution in [1.29, 1.82) is 0 Å². The van der Waals surface area contributed by atoms with Crippen molar-refractivity contribution in [3.8, 4) is 0 Å². The summed E-state index contributed by atoms with van der Waals surface area (Å²) in [7, 11) is 0. The lowest BCUT2D eigenvalue weighted by molar-refractivity contribution is 0.906. The highest BCUT2D eigenvalue weighted by atomic mass is 15.1. The van der Waals surface area contributed by atoms with Gasteiger partial charge < -0.3 is 10.6 Å². The summed E-state index contributed by atoms with van der Waals surface area (Å²) in [6, 6.07) is 1.92. The Bertz CT molecular complexity index is 283. The topological polar surface area (TPSA) is 42.2 Å². The first-order chi connectivity index (χ1) is 6.29. The van der Waals surface area contributed by atoms with Gasteiger partial charge in [-0.3, -0.25) is 4.98 Å². The van der Waals surface area contributed by atoms with Crippen LogP contribution >= 0.6 is 0 Å². The minimum Gasteiger partial charge on any atom is -0.396 e. The molecule has 1 rings (SSSR count). The van der Waals surface area contributed by atoms with E-state index in [1.807, 2.05) is 12.1 Å². The zero-order valence-electron chi connectivity index (χ0n) is 7.90. The van der Waals surface area contributed by atoms with Gasteiger partial charge in [0.2, 0.25) is 0 Å². The second-order valence-corrected chi connectivity index (χ2v) is 2.76. The lowest BCUT2D eigenvalue weighted by Crippen LogP contribution is -2.23. The summed E-state index contributed by atoms with van der Waals surface area (Å²) in [5, 5.41) is 0. The van der Waals surface area contributed by atoms with Gasteiger partial charge in [0.15, 0.2) is 0 Å². The molecule has 1 heterocycles. The monoisotopic (exact) mass is 177 g/mol. The zero-order chi connectivity index (χ0) is 9.68. The van der Waals surface area contributed by atoms with Gasteiger partial charge in [0.1, 0.15) is 0 Å². The van der Waals surface area contributed by atoms with Crippen LogP contribution < -0.4 is 10.6 Å². The van der Waals surface area contributed by atoms with Gasteiger partial charge >= 0.3 is 0 Å². The third kappa shape index (κ3) is 2.21. The first-order valence-electron chi connectivity index (χ1n) is 4.35. The molecule has 0 aliphatic carbocycles. The van der Waals surface area contributed by atoms with Gasteiger partial charge in [-0.2, -0.15) is 0 Å². The molecule has 0 amide bonds. The smallest absolute Gasteiger partial charge is 0.0738 e. The van der Waals surface area contributed by atoms with Crippen LogP contribution in [0.1, 0.15) is 6.92 Å². The zero-order valence-corrected chi connectivity index (χ0v) is 7.90. The molecule has 1 aromatic heterocycles. The van der Waals surface area contributed by atoms with Crippen molar-refractivity contribution in [1.82, 2.24) is 4.98 Å². The Kier molecular flexibility index (Phi) is 3.31. The van der Waals surface area contributed by atoms with Crippen molar-refractivity contribution in [2.45, 2.75) is 6.92 Å². The molecule has 0 spiro atoms. The van der Waals surface area contributed by atoms with E-state index in [-0.39, 0.29) is 0 Å². The third-order valence-corrected chi connectivity index (χ3v) is 1.90. The Morgan fingerprint density at radius 3 is 3.00 bits per heavy atom. The van der Waals surface area contributed by atoms with Crippen LogP contribution in [-0.2, 0) is 0 Å². The molecule has 70 valence electrons. The van der Waals surface area contributed by atoms with Crippen molar-refractivity contribution in [2.24, 2.45) is 0 Å². The van der Waals surface area contributed by atoms with E-state index in [0.717, 1.165) is 18.8 Å². The molecular weight excluding hydrogens is 162 g/mol. The number of rotatable bonds is 4. The Labute approximate surface area is 78.9 Å². The molecule has 0 aliphatic rings. The van der Waals surface area contributed by atoms with Gasteiger partial charge in [-0.15, -0.1) is 6.58 Å². The fourth-order valence-corrected chi connectivity index (χ4v) is 1.24. The molecule has 3 nitrogen and oxygen atoms in total. The van der Waals surface area contributed by atoms with Crippen LogP contribution in [0.3, 0.4) is 0 Å². The number of anilines is 2. The number of hydrogen-bond acceptors (Lipinski definition) is 3. The molecule has 0 radical (unpaired) electrons. The molecule has 2 N–H and O–H groups in total. The molecule has 0 aromatic carbocycles. The van der Waals surface area contributed by atoms with Crippen molar-refractivity contribution in [2.75, 3.05) is 23.7 Å². The van der Waals surface area contributed by atoms with Crippen LogP contribution in [0.25, 0.3) is 0 Å². The largest absolute Gasteiger partial charge is 0.396 e.